The summed E-state index contributed by atoms with van der Waals surface area (Å²) in [7, 11) is -3.51. The SMILES string of the molecule is O=C(O)Cc1cccc(C2(O)CCN(S(=O)(=O)c3cccs3)CC2)c1. The molecule has 2 N–H and O–H groups in total. The predicted octanol–water partition coefficient (Wildman–Crippen LogP) is 2.05. The quantitative estimate of drug-likeness (QED) is 0.827. The first kappa shape index (κ1) is 18.1. The second kappa shape index (κ2) is 6.87. The minimum Gasteiger partial charge on any atom is -0.481 e. The van der Waals surface area contributed by atoms with Crippen LogP contribution in [0.5, 0.6) is 0 Å². The molecule has 3 rings (SSSR count). The summed E-state index contributed by atoms with van der Waals surface area (Å²) in [6, 6.07) is 10.2. The molecule has 0 atom stereocenters. The van der Waals surface area contributed by atoms with Gasteiger partial charge < -0.3 is 10.2 Å². The second-order valence-electron chi connectivity index (χ2n) is 6.14. The minimum atomic E-state index is -3.51. The molecule has 2 aromatic rings. The molecule has 134 valence electrons. The van der Waals surface area contributed by atoms with Gasteiger partial charge in [-0.05, 0) is 35.4 Å². The van der Waals surface area contributed by atoms with Gasteiger partial charge in [0.25, 0.3) is 10.0 Å². The van der Waals surface area contributed by atoms with Crippen molar-refractivity contribution in [2.24, 2.45) is 0 Å². The molecule has 0 radical (unpaired) electrons. The zero-order valence-corrected chi connectivity index (χ0v) is 15.1. The van der Waals surface area contributed by atoms with Crippen LogP contribution >= 0.6 is 11.3 Å². The lowest BCUT2D eigenvalue weighted by molar-refractivity contribution is -0.136. The standard InChI is InChI=1S/C17H19NO5S2/c19-15(20)12-13-3-1-4-14(11-13)17(21)6-8-18(9-7-17)25(22,23)16-5-2-10-24-16/h1-5,10-11,21H,6-9,12H2,(H,19,20). The molecule has 8 heteroatoms. The molecule has 0 saturated carbocycles. The Bertz CT molecular complexity index is 853. The largest absolute Gasteiger partial charge is 0.481 e. The summed E-state index contributed by atoms with van der Waals surface area (Å²) in [4.78, 5) is 10.9. The Kier molecular flexibility index (Phi) is 4.97. The molecule has 0 spiro atoms. The van der Waals surface area contributed by atoms with Gasteiger partial charge >= 0.3 is 5.97 Å². The Labute approximate surface area is 150 Å². The normalized spacial score (nSPS) is 18.1. The lowest BCUT2D eigenvalue weighted by Crippen LogP contribution is -2.45. The smallest absolute Gasteiger partial charge is 0.307 e. The van der Waals surface area contributed by atoms with Crippen LogP contribution in [0.15, 0.2) is 46.0 Å². The van der Waals surface area contributed by atoms with Crippen LogP contribution < -0.4 is 0 Å². The molecule has 1 aromatic heterocycles. The van der Waals surface area contributed by atoms with Gasteiger partial charge in [0.05, 0.1) is 12.0 Å². The Morgan fingerprint density at radius 2 is 1.92 bits per heavy atom. The zero-order chi connectivity index (χ0) is 18.1. The van der Waals surface area contributed by atoms with E-state index in [1.54, 1.807) is 41.8 Å². The third-order valence-electron chi connectivity index (χ3n) is 4.46. The molecule has 1 saturated heterocycles. The summed E-state index contributed by atoms with van der Waals surface area (Å²) in [6.07, 6.45) is 0.436. The Hall–Kier alpha value is -1.74. The van der Waals surface area contributed by atoms with Gasteiger partial charge in [-0.2, -0.15) is 4.31 Å². The number of piperidine rings is 1. The number of hydrogen-bond donors (Lipinski definition) is 2. The van der Waals surface area contributed by atoms with E-state index in [-0.39, 0.29) is 32.4 Å². The van der Waals surface area contributed by atoms with Gasteiger partial charge in [0.1, 0.15) is 4.21 Å². The Balaban J connectivity index is 1.76. The molecule has 25 heavy (non-hydrogen) atoms. The fraction of sp³-hybridized carbons (Fsp3) is 0.353. The van der Waals surface area contributed by atoms with Crippen molar-refractivity contribution < 1.29 is 23.4 Å². The molecular formula is C17H19NO5S2. The molecule has 1 aliphatic heterocycles. The molecular weight excluding hydrogens is 362 g/mol. The molecule has 1 fully saturated rings. The van der Waals surface area contributed by atoms with Crippen molar-refractivity contribution in [1.29, 1.82) is 0 Å². The molecule has 0 aliphatic carbocycles. The number of rotatable bonds is 5. The van der Waals surface area contributed by atoms with Gasteiger partial charge in [0.15, 0.2) is 0 Å². The monoisotopic (exact) mass is 381 g/mol. The summed E-state index contributed by atoms with van der Waals surface area (Å²) in [6.45, 7) is 0.444. The van der Waals surface area contributed by atoms with Crippen molar-refractivity contribution in [2.75, 3.05) is 13.1 Å². The first-order chi connectivity index (χ1) is 11.8. The van der Waals surface area contributed by atoms with E-state index in [0.29, 0.717) is 15.3 Å². The highest BCUT2D eigenvalue weighted by Crippen LogP contribution is 2.35. The van der Waals surface area contributed by atoms with Crippen molar-refractivity contribution in [3.8, 4) is 0 Å². The number of carbonyl (C=O) groups is 1. The summed E-state index contributed by atoms with van der Waals surface area (Å²) < 4.78 is 26.8. The number of nitrogens with zero attached hydrogens (tertiary/aromatic N) is 1. The Morgan fingerprint density at radius 3 is 2.52 bits per heavy atom. The lowest BCUT2D eigenvalue weighted by Gasteiger charge is -2.37. The van der Waals surface area contributed by atoms with Crippen molar-refractivity contribution in [3.63, 3.8) is 0 Å². The van der Waals surface area contributed by atoms with Crippen molar-refractivity contribution in [2.45, 2.75) is 29.1 Å². The van der Waals surface area contributed by atoms with Crippen LogP contribution in [0.3, 0.4) is 0 Å². The molecule has 2 heterocycles. The minimum absolute atomic E-state index is 0.108. The number of aliphatic carboxylic acids is 1. The van der Waals surface area contributed by atoms with Crippen molar-refractivity contribution in [1.82, 2.24) is 4.31 Å². The number of thiophene rings is 1. The maximum absolute atomic E-state index is 12.6. The first-order valence-corrected chi connectivity index (χ1v) is 10.2. The summed E-state index contributed by atoms with van der Waals surface area (Å²) in [5.74, 6) is -0.930. The van der Waals surface area contributed by atoms with Gasteiger partial charge in [0, 0.05) is 13.1 Å². The highest BCUT2D eigenvalue weighted by molar-refractivity contribution is 7.91. The summed E-state index contributed by atoms with van der Waals surface area (Å²) in [5.41, 5.74) is 0.113. The molecule has 0 amide bonds. The van der Waals surface area contributed by atoms with Crippen LogP contribution in [0, 0.1) is 0 Å². The van der Waals surface area contributed by atoms with Crippen LogP contribution in [0.25, 0.3) is 0 Å². The van der Waals surface area contributed by atoms with Crippen LogP contribution in [0.4, 0.5) is 0 Å². The van der Waals surface area contributed by atoms with Gasteiger partial charge in [-0.1, -0.05) is 30.3 Å². The fourth-order valence-electron chi connectivity index (χ4n) is 3.07. The molecule has 1 aliphatic rings. The van der Waals surface area contributed by atoms with E-state index < -0.39 is 21.6 Å². The van der Waals surface area contributed by atoms with Crippen LogP contribution in [-0.2, 0) is 26.8 Å². The average molecular weight is 381 g/mol. The second-order valence-corrected chi connectivity index (χ2v) is 9.25. The van der Waals surface area contributed by atoms with Crippen molar-refractivity contribution in [3.05, 3.63) is 52.9 Å². The van der Waals surface area contributed by atoms with E-state index in [1.165, 1.54) is 15.6 Å². The van der Waals surface area contributed by atoms with E-state index >= 15 is 0 Å². The number of benzene rings is 1. The lowest BCUT2D eigenvalue weighted by atomic mass is 9.84. The van der Waals surface area contributed by atoms with Crippen LogP contribution in [0.2, 0.25) is 0 Å². The molecule has 0 unspecified atom stereocenters. The number of hydrogen-bond acceptors (Lipinski definition) is 5. The Morgan fingerprint density at radius 1 is 1.20 bits per heavy atom. The number of carboxylic acid groups (broad SMARTS) is 1. The summed E-state index contributed by atoms with van der Waals surface area (Å²) in [5, 5.41) is 21.6. The average Bonchev–Trinajstić information content (AvgIpc) is 3.10. The first-order valence-electron chi connectivity index (χ1n) is 7.88. The summed E-state index contributed by atoms with van der Waals surface area (Å²) >= 11 is 1.18. The van der Waals surface area contributed by atoms with Crippen molar-refractivity contribution >= 4 is 27.3 Å². The van der Waals surface area contributed by atoms with Gasteiger partial charge in [0.2, 0.25) is 0 Å². The van der Waals surface area contributed by atoms with Gasteiger partial charge in [-0.3, -0.25) is 4.79 Å². The van der Waals surface area contributed by atoms with Crippen LogP contribution in [0.1, 0.15) is 24.0 Å². The molecule has 6 nitrogen and oxygen atoms in total. The maximum Gasteiger partial charge on any atom is 0.307 e. The van der Waals surface area contributed by atoms with E-state index in [4.69, 9.17) is 5.11 Å². The molecule has 1 aromatic carbocycles. The molecule has 0 bridgehead atoms. The number of aliphatic hydroxyl groups is 1. The topological polar surface area (TPSA) is 94.9 Å². The van der Waals surface area contributed by atoms with Gasteiger partial charge in [-0.15, -0.1) is 11.3 Å². The number of carboxylic acids is 1. The van der Waals surface area contributed by atoms with E-state index in [9.17, 15) is 18.3 Å². The third-order valence-corrected chi connectivity index (χ3v) is 7.73. The van der Waals surface area contributed by atoms with Gasteiger partial charge in [-0.25, -0.2) is 8.42 Å². The predicted molar refractivity (Wildman–Crippen MR) is 94.0 cm³/mol. The number of sulfonamides is 1. The third kappa shape index (κ3) is 3.77. The highest BCUT2D eigenvalue weighted by atomic mass is 32.2. The highest BCUT2D eigenvalue weighted by Gasteiger charge is 2.38. The van der Waals surface area contributed by atoms with E-state index in [2.05, 4.69) is 0 Å². The fourth-order valence-corrected chi connectivity index (χ4v) is 5.65. The maximum atomic E-state index is 12.6. The van der Waals surface area contributed by atoms with E-state index in [1.807, 2.05) is 0 Å². The van der Waals surface area contributed by atoms with Crippen LogP contribution in [-0.4, -0.2) is 42.0 Å². The zero-order valence-electron chi connectivity index (χ0n) is 13.5. The van der Waals surface area contributed by atoms with E-state index in [0.717, 1.165) is 0 Å².